The molecule has 1 aliphatic carbocycles. The first-order chi connectivity index (χ1) is 11.3. The van der Waals surface area contributed by atoms with Crippen LogP contribution in [-0.4, -0.2) is 39.2 Å². The lowest BCUT2D eigenvalue weighted by molar-refractivity contribution is 0.0953. The number of nitrogens with one attached hydrogen (secondary N) is 3. The average molecular weight is 314 g/mol. The molecule has 2 aromatic heterocycles. The molecule has 122 valence electrons. The average Bonchev–Trinajstić information content (AvgIpc) is 3.10. The molecule has 0 atom stereocenters. The summed E-state index contributed by atoms with van der Waals surface area (Å²) in [5.41, 5.74) is 1.66. The largest absolute Gasteiger partial charge is 0.352 e. The third-order valence-electron chi connectivity index (χ3n) is 4.19. The van der Waals surface area contributed by atoms with Gasteiger partial charge in [-0.1, -0.05) is 19.3 Å². The van der Waals surface area contributed by atoms with Gasteiger partial charge in [-0.3, -0.25) is 9.89 Å². The van der Waals surface area contributed by atoms with E-state index in [1.54, 1.807) is 24.7 Å². The first kappa shape index (κ1) is 15.5. The van der Waals surface area contributed by atoms with Gasteiger partial charge in [0.2, 0.25) is 5.95 Å². The predicted molar refractivity (Wildman–Crippen MR) is 87.3 cm³/mol. The summed E-state index contributed by atoms with van der Waals surface area (Å²) >= 11 is 0. The summed E-state index contributed by atoms with van der Waals surface area (Å²) in [6.45, 7) is 1.08. The van der Waals surface area contributed by atoms with Gasteiger partial charge in [0.15, 0.2) is 0 Å². The Bertz CT molecular complexity index is 621. The van der Waals surface area contributed by atoms with Crippen molar-refractivity contribution in [1.29, 1.82) is 0 Å². The number of aromatic amines is 1. The van der Waals surface area contributed by atoms with Gasteiger partial charge in [-0.15, -0.1) is 0 Å². The predicted octanol–water partition coefficient (Wildman–Crippen LogP) is 2.09. The Balaban J connectivity index is 1.49. The molecule has 2 heterocycles. The third kappa shape index (κ3) is 4.06. The van der Waals surface area contributed by atoms with E-state index >= 15 is 0 Å². The minimum absolute atomic E-state index is 0.0740. The molecule has 23 heavy (non-hydrogen) atoms. The SMILES string of the molecule is O=C(NCCNc1ncccn1)c1cn[nH]c1C1CCCCC1. The Kier molecular flexibility index (Phi) is 5.18. The number of carbonyl (C=O) groups is 1. The second kappa shape index (κ2) is 7.71. The number of anilines is 1. The van der Waals surface area contributed by atoms with Gasteiger partial charge in [-0.25, -0.2) is 9.97 Å². The molecule has 1 amide bonds. The maximum atomic E-state index is 12.4. The molecule has 3 rings (SSSR count). The van der Waals surface area contributed by atoms with E-state index in [4.69, 9.17) is 0 Å². The minimum Gasteiger partial charge on any atom is -0.352 e. The quantitative estimate of drug-likeness (QED) is 0.710. The van der Waals surface area contributed by atoms with E-state index in [1.807, 2.05) is 0 Å². The van der Waals surface area contributed by atoms with Crippen LogP contribution in [0, 0.1) is 0 Å². The number of hydrogen-bond acceptors (Lipinski definition) is 5. The highest BCUT2D eigenvalue weighted by molar-refractivity contribution is 5.95. The van der Waals surface area contributed by atoms with Gasteiger partial charge in [-0.2, -0.15) is 5.10 Å². The summed E-state index contributed by atoms with van der Waals surface area (Å²) in [6, 6.07) is 1.76. The van der Waals surface area contributed by atoms with E-state index < -0.39 is 0 Å². The van der Waals surface area contributed by atoms with Crippen LogP contribution in [-0.2, 0) is 0 Å². The molecule has 0 aliphatic heterocycles. The normalized spacial score (nSPS) is 15.3. The van der Waals surface area contributed by atoms with Crippen molar-refractivity contribution in [3.63, 3.8) is 0 Å². The Morgan fingerprint density at radius 2 is 1.96 bits per heavy atom. The zero-order valence-corrected chi connectivity index (χ0v) is 13.1. The summed E-state index contributed by atoms with van der Waals surface area (Å²) in [5.74, 6) is 0.922. The molecule has 7 heteroatoms. The van der Waals surface area contributed by atoms with Crippen molar-refractivity contribution in [3.8, 4) is 0 Å². The van der Waals surface area contributed by atoms with Crippen molar-refractivity contribution >= 4 is 11.9 Å². The molecule has 1 saturated carbocycles. The lowest BCUT2D eigenvalue weighted by atomic mass is 9.85. The lowest BCUT2D eigenvalue weighted by Crippen LogP contribution is -2.29. The van der Waals surface area contributed by atoms with Crippen LogP contribution in [0.1, 0.15) is 54.1 Å². The van der Waals surface area contributed by atoms with E-state index in [0.717, 1.165) is 18.5 Å². The highest BCUT2D eigenvalue weighted by atomic mass is 16.1. The summed E-state index contributed by atoms with van der Waals surface area (Å²) in [5, 5.41) is 13.1. The molecule has 0 spiro atoms. The number of amides is 1. The number of H-pyrrole nitrogens is 1. The first-order valence-electron chi connectivity index (χ1n) is 8.17. The molecule has 1 aliphatic rings. The summed E-state index contributed by atoms with van der Waals surface area (Å²) in [4.78, 5) is 20.5. The van der Waals surface area contributed by atoms with Gasteiger partial charge >= 0.3 is 0 Å². The second-order valence-corrected chi connectivity index (χ2v) is 5.79. The van der Waals surface area contributed by atoms with Crippen LogP contribution < -0.4 is 10.6 Å². The molecule has 0 radical (unpaired) electrons. The maximum Gasteiger partial charge on any atom is 0.254 e. The van der Waals surface area contributed by atoms with Crippen molar-refractivity contribution in [2.75, 3.05) is 18.4 Å². The van der Waals surface area contributed by atoms with E-state index in [1.165, 1.54) is 19.3 Å². The molecule has 2 aromatic rings. The second-order valence-electron chi connectivity index (χ2n) is 5.79. The third-order valence-corrected chi connectivity index (χ3v) is 4.19. The Morgan fingerprint density at radius 3 is 2.74 bits per heavy atom. The smallest absolute Gasteiger partial charge is 0.254 e. The number of aromatic nitrogens is 4. The highest BCUT2D eigenvalue weighted by Gasteiger charge is 2.23. The van der Waals surface area contributed by atoms with Gasteiger partial charge in [0.25, 0.3) is 5.91 Å². The first-order valence-corrected chi connectivity index (χ1v) is 8.17. The van der Waals surface area contributed by atoms with Crippen molar-refractivity contribution in [1.82, 2.24) is 25.5 Å². The zero-order valence-electron chi connectivity index (χ0n) is 13.1. The fraction of sp³-hybridized carbons (Fsp3) is 0.500. The molecule has 0 bridgehead atoms. The van der Waals surface area contributed by atoms with Crippen molar-refractivity contribution in [2.45, 2.75) is 38.0 Å². The van der Waals surface area contributed by atoms with E-state index in [0.29, 0.717) is 30.5 Å². The topological polar surface area (TPSA) is 95.6 Å². The molecule has 1 fully saturated rings. The van der Waals surface area contributed by atoms with Gasteiger partial charge < -0.3 is 10.6 Å². The number of hydrogen-bond donors (Lipinski definition) is 3. The van der Waals surface area contributed by atoms with Gasteiger partial charge in [-0.05, 0) is 18.9 Å². The molecule has 0 aromatic carbocycles. The van der Waals surface area contributed by atoms with Gasteiger partial charge in [0.1, 0.15) is 0 Å². The zero-order chi connectivity index (χ0) is 15.9. The van der Waals surface area contributed by atoms with Crippen LogP contribution in [0.3, 0.4) is 0 Å². The molecular formula is C16H22N6O. The lowest BCUT2D eigenvalue weighted by Gasteiger charge is -2.21. The van der Waals surface area contributed by atoms with Crippen molar-refractivity contribution in [2.24, 2.45) is 0 Å². The van der Waals surface area contributed by atoms with E-state index in [9.17, 15) is 4.79 Å². The number of rotatable bonds is 6. The van der Waals surface area contributed by atoms with E-state index in [2.05, 4.69) is 30.8 Å². The molecular weight excluding hydrogens is 292 g/mol. The van der Waals surface area contributed by atoms with Crippen LogP contribution >= 0.6 is 0 Å². The summed E-state index contributed by atoms with van der Waals surface area (Å²) < 4.78 is 0. The fourth-order valence-electron chi connectivity index (χ4n) is 3.02. The van der Waals surface area contributed by atoms with Crippen LogP contribution in [0.5, 0.6) is 0 Å². The van der Waals surface area contributed by atoms with Crippen molar-refractivity contribution < 1.29 is 4.79 Å². The number of nitrogens with zero attached hydrogens (tertiary/aromatic N) is 3. The highest BCUT2D eigenvalue weighted by Crippen LogP contribution is 2.32. The van der Waals surface area contributed by atoms with Crippen LogP contribution in [0.4, 0.5) is 5.95 Å². The van der Waals surface area contributed by atoms with Crippen LogP contribution in [0.15, 0.2) is 24.7 Å². The fourth-order valence-corrected chi connectivity index (χ4v) is 3.02. The van der Waals surface area contributed by atoms with Gasteiger partial charge in [0, 0.05) is 31.4 Å². The monoisotopic (exact) mass is 314 g/mol. The summed E-state index contributed by atoms with van der Waals surface area (Å²) in [7, 11) is 0. The van der Waals surface area contributed by atoms with E-state index in [-0.39, 0.29) is 5.91 Å². The molecule has 0 unspecified atom stereocenters. The van der Waals surface area contributed by atoms with Crippen LogP contribution in [0.25, 0.3) is 0 Å². The Morgan fingerprint density at radius 1 is 1.17 bits per heavy atom. The van der Waals surface area contributed by atoms with Crippen molar-refractivity contribution in [3.05, 3.63) is 35.9 Å². The van der Waals surface area contributed by atoms with Gasteiger partial charge in [0.05, 0.1) is 17.5 Å². The Labute approximate surface area is 135 Å². The van der Waals surface area contributed by atoms with Crippen LogP contribution in [0.2, 0.25) is 0 Å². The number of carbonyl (C=O) groups excluding carboxylic acids is 1. The minimum atomic E-state index is -0.0740. The summed E-state index contributed by atoms with van der Waals surface area (Å²) in [6.07, 6.45) is 11.0. The maximum absolute atomic E-state index is 12.4. The molecule has 7 nitrogen and oxygen atoms in total. The Hall–Kier alpha value is -2.44. The standard InChI is InChI=1S/C16H22N6O/c23-15(17-9-10-20-16-18-7-4-8-19-16)13-11-21-22-14(13)12-5-2-1-3-6-12/h4,7-8,11-12H,1-3,5-6,9-10H2,(H,17,23)(H,21,22)(H,18,19,20). The molecule has 3 N–H and O–H groups in total. The molecule has 0 saturated heterocycles.